The molecule has 7 nitrogen and oxygen atoms in total. The summed E-state index contributed by atoms with van der Waals surface area (Å²) in [5.74, 6) is -1.44. The van der Waals surface area contributed by atoms with Crippen LogP contribution in [0.2, 0.25) is 0 Å². The Balaban J connectivity index is 1.71. The number of carbonyl (C=O) groups is 2. The second-order valence-electron chi connectivity index (χ2n) is 4.41. The summed E-state index contributed by atoms with van der Waals surface area (Å²) in [5.41, 5.74) is 0.369. The maximum Gasteiger partial charge on any atom is 0.313 e. The third-order valence-electron chi connectivity index (χ3n) is 2.75. The van der Waals surface area contributed by atoms with E-state index in [1.807, 2.05) is 10.8 Å². The largest absolute Gasteiger partial charge is 0.508 e. The highest BCUT2D eigenvalue weighted by atomic mass is 16.3. The Labute approximate surface area is 121 Å². The molecule has 7 heteroatoms. The summed E-state index contributed by atoms with van der Waals surface area (Å²) in [6.07, 6.45) is 5.90. The second-order valence-corrected chi connectivity index (χ2v) is 4.41. The normalized spacial score (nSPS) is 10.1. The van der Waals surface area contributed by atoms with Crippen LogP contribution >= 0.6 is 0 Å². The van der Waals surface area contributed by atoms with Gasteiger partial charge in [-0.1, -0.05) is 6.07 Å². The maximum absolute atomic E-state index is 11.6. The molecule has 110 valence electrons. The average molecular weight is 288 g/mol. The Morgan fingerprint density at radius 3 is 2.86 bits per heavy atom. The number of imidazole rings is 1. The van der Waals surface area contributed by atoms with Crippen LogP contribution in [-0.2, 0) is 16.1 Å². The van der Waals surface area contributed by atoms with Crippen molar-refractivity contribution >= 4 is 17.5 Å². The van der Waals surface area contributed by atoms with Gasteiger partial charge in [0.2, 0.25) is 0 Å². The molecule has 0 fully saturated rings. The van der Waals surface area contributed by atoms with Crippen molar-refractivity contribution in [3.63, 3.8) is 0 Å². The predicted octanol–water partition coefficient (Wildman–Crippen LogP) is 0.734. The van der Waals surface area contributed by atoms with Gasteiger partial charge in [-0.2, -0.15) is 0 Å². The van der Waals surface area contributed by atoms with Crippen LogP contribution in [0.15, 0.2) is 43.0 Å². The van der Waals surface area contributed by atoms with Gasteiger partial charge in [-0.15, -0.1) is 0 Å². The number of phenols is 1. The number of carbonyl (C=O) groups excluding carboxylic acids is 2. The molecule has 0 saturated heterocycles. The molecular weight excluding hydrogens is 272 g/mol. The monoisotopic (exact) mass is 288 g/mol. The van der Waals surface area contributed by atoms with E-state index in [1.165, 1.54) is 12.1 Å². The molecule has 2 aromatic rings. The van der Waals surface area contributed by atoms with Crippen LogP contribution in [0.4, 0.5) is 5.69 Å². The number of amides is 2. The number of aromatic hydroxyl groups is 1. The summed E-state index contributed by atoms with van der Waals surface area (Å²) < 4.78 is 1.89. The Morgan fingerprint density at radius 2 is 2.14 bits per heavy atom. The Morgan fingerprint density at radius 1 is 1.29 bits per heavy atom. The van der Waals surface area contributed by atoms with E-state index in [0.717, 1.165) is 0 Å². The van der Waals surface area contributed by atoms with Crippen molar-refractivity contribution in [1.82, 2.24) is 14.9 Å². The molecule has 0 aliphatic carbocycles. The minimum atomic E-state index is -0.761. The molecule has 0 bridgehead atoms. The minimum Gasteiger partial charge on any atom is -0.508 e. The zero-order valence-corrected chi connectivity index (χ0v) is 11.3. The van der Waals surface area contributed by atoms with Crippen LogP contribution in [0, 0.1) is 0 Å². The molecule has 2 amide bonds. The average Bonchev–Trinajstić information content (AvgIpc) is 2.96. The third kappa shape index (κ3) is 4.64. The smallest absolute Gasteiger partial charge is 0.313 e. The molecule has 1 aromatic carbocycles. The fraction of sp³-hybridized carbons (Fsp3) is 0.214. The number of nitrogens with one attached hydrogen (secondary N) is 2. The van der Waals surface area contributed by atoms with E-state index in [1.54, 1.807) is 24.7 Å². The highest BCUT2D eigenvalue weighted by molar-refractivity contribution is 6.39. The lowest BCUT2D eigenvalue weighted by atomic mass is 10.3. The number of phenolic OH excluding ortho intramolecular Hbond substituents is 1. The first kappa shape index (κ1) is 14.6. The summed E-state index contributed by atoms with van der Waals surface area (Å²) in [4.78, 5) is 27.1. The quantitative estimate of drug-likeness (QED) is 0.558. The fourth-order valence-corrected chi connectivity index (χ4v) is 1.73. The third-order valence-corrected chi connectivity index (χ3v) is 2.75. The summed E-state index contributed by atoms with van der Waals surface area (Å²) in [6.45, 7) is 1.11. The molecular formula is C14H16N4O3. The van der Waals surface area contributed by atoms with E-state index >= 15 is 0 Å². The van der Waals surface area contributed by atoms with Crippen LogP contribution in [0.3, 0.4) is 0 Å². The van der Waals surface area contributed by atoms with E-state index in [-0.39, 0.29) is 5.75 Å². The summed E-state index contributed by atoms with van der Waals surface area (Å²) >= 11 is 0. The van der Waals surface area contributed by atoms with E-state index in [2.05, 4.69) is 15.6 Å². The fourth-order valence-electron chi connectivity index (χ4n) is 1.73. The standard InChI is InChI=1S/C14H16N4O3/c19-12-4-1-3-11(9-12)17-14(21)13(20)16-5-2-7-18-8-6-15-10-18/h1,3-4,6,8-10,19H,2,5,7H2,(H,16,20)(H,17,21). The maximum atomic E-state index is 11.6. The number of anilines is 1. The zero-order chi connectivity index (χ0) is 15.1. The van der Waals surface area contributed by atoms with Crippen molar-refractivity contribution in [2.24, 2.45) is 0 Å². The van der Waals surface area contributed by atoms with Gasteiger partial charge in [0.1, 0.15) is 5.75 Å². The number of aryl methyl sites for hydroxylation is 1. The first-order valence-corrected chi connectivity index (χ1v) is 6.49. The van der Waals surface area contributed by atoms with E-state index in [0.29, 0.717) is 25.2 Å². The van der Waals surface area contributed by atoms with Gasteiger partial charge < -0.3 is 20.3 Å². The molecule has 0 aliphatic heterocycles. The summed E-state index contributed by atoms with van der Waals surface area (Å²) in [6, 6.07) is 6.01. The lowest BCUT2D eigenvalue weighted by molar-refractivity contribution is -0.136. The Kier molecular flexibility index (Phi) is 4.92. The van der Waals surface area contributed by atoms with Crippen LogP contribution in [-0.4, -0.2) is 33.0 Å². The lowest BCUT2D eigenvalue weighted by Gasteiger charge is -2.07. The number of benzene rings is 1. The SMILES string of the molecule is O=C(NCCCn1ccnc1)C(=O)Nc1cccc(O)c1. The van der Waals surface area contributed by atoms with E-state index in [4.69, 9.17) is 0 Å². The molecule has 0 spiro atoms. The Hall–Kier alpha value is -2.83. The van der Waals surface area contributed by atoms with Gasteiger partial charge in [0.05, 0.1) is 6.33 Å². The first-order valence-electron chi connectivity index (χ1n) is 6.49. The van der Waals surface area contributed by atoms with Crippen LogP contribution in [0.5, 0.6) is 5.75 Å². The molecule has 0 radical (unpaired) electrons. The summed E-state index contributed by atoms with van der Waals surface area (Å²) in [7, 11) is 0. The van der Waals surface area contributed by atoms with E-state index < -0.39 is 11.8 Å². The van der Waals surface area contributed by atoms with Crippen LogP contribution in [0.25, 0.3) is 0 Å². The Bertz CT molecular complexity index is 610. The molecule has 0 saturated carbocycles. The number of hydrogen-bond donors (Lipinski definition) is 3. The zero-order valence-electron chi connectivity index (χ0n) is 11.3. The highest BCUT2D eigenvalue weighted by Crippen LogP contribution is 2.14. The van der Waals surface area contributed by atoms with E-state index in [9.17, 15) is 14.7 Å². The summed E-state index contributed by atoms with van der Waals surface area (Å²) in [5, 5.41) is 14.2. The topological polar surface area (TPSA) is 96.2 Å². The lowest BCUT2D eigenvalue weighted by Crippen LogP contribution is -2.36. The molecule has 2 rings (SSSR count). The van der Waals surface area contributed by atoms with Gasteiger partial charge in [0, 0.05) is 37.2 Å². The highest BCUT2D eigenvalue weighted by Gasteiger charge is 2.12. The van der Waals surface area contributed by atoms with Crippen molar-refractivity contribution in [3.8, 4) is 5.75 Å². The number of rotatable bonds is 5. The van der Waals surface area contributed by atoms with Crippen LogP contribution < -0.4 is 10.6 Å². The minimum absolute atomic E-state index is 0.0218. The molecule has 3 N–H and O–H groups in total. The van der Waals surface area contributed by atoms with Gasteiger partial charge >= 0.3 is 11.8 Å². The number of hydrogen-bond acceptors (Lipinski definition) is 4. The first-order chi connectivity index (χ1) is 10.1. The van der Waals surface area contributed by atoms with Gasteiger partial charge in [0.25, 0.3) is 0 Å². The molecule has 0 atom stereocenters. The van der Waals surface area contributed by atoms with Crippen molar-refractivity contribution in [2.75, 3.05) is 11.9 Å². The molecule has 1 heterocycles. The van der Waals surface area contributed by atoms with Gasteiger partial charge in [-0.3, -0.25) is 9.59 Å². The van der Waals surface area contributed by atoms with Crippen molar-refractivity contribution in [2.45, 2.75) is 13.0 Å². The van der Waals surface area contributed by atoms with Crippen molar-refractivity contribution < 1.29 is 14.7 Å². The molecule has 0 unspecified atom stereocenters. The predicted molar refractivity (Wildman–Crippen MR) is 76.6 cm³/mol. The van der Waals surface area contributed by atoms with Gasteiger partial charge in [-0.05, 0) is 18.6 Å². The molecule has 1 aromatic heterocycles. The number of aromatic nitrogens is 2. The van der Waals surface area contributed by atoms with Crippen molar-refractivity contribution in [1.29, 1.82) is 0 Å². The van der Waals surface area contributed by atoms with Gasteiger partial charge in [0.15, 0.2) is 0 Å². The van der Waals surface area contributed by atoms with Crippen molar-refractivity contribution in [3.05, 3.63) is 43.0 Å². The van der Waals surface area contributed by atoms with Crippen LogP contribution in [0.1, 0.15) is 6.42 Å². The number of nitrogens with zero attached hydrogens (tertiary/aromatic N) is 2. The van der Waals surface area contributed by atoms with Gasteiger partial charge in [-0.25, -0.2) is 4.98 Å². The molecule has 21 heavy (non-hydrogen) atoms. The molecule has 0 aliphatic rings. The second kappa shape index (κ2) is 7.09.